The molecule has 3 aliphatic heterocycles. The lowest BCUT2D eigenvalue weighted by Crippen LogP contribution is -2.68. The van der Waals surface area contributed by atoms with E-state index in [1.807, 2.05) is 0 Å². The van der Waals surface area contributed by atoms with Crippen molar-refractivity contribution >= 4 is 11.6 Å². The van der Waals surface area contributed by atoms with Crippen LogP contribution in [-0.2, 0) is 4.79 Å². The van der Waals surface area contributed by atoms with Gasteiger partial charge in [0.25, 0.3) is 5.91 Å². The number of hydrogen-bond acceptors (Lipinski definition) is 2. The van der Waals surface area contributed by atoms with E-state index >= 15 is 0 Å². The molecule has 0 aromatic heterocycles. The SMILES string of the molecule is O=C(C[N+]12CCN(CC1)CC2)Nc1c(F)cccc1F. The number of nitrogens with zero attached hydrogens (tertiary/aromatic N) is 2. The molecule has 1 aromatic rings. The summed E-state index contributed by atoms with van der Waals surface area (Å²) in [6.45, 7) is 6.11. The number of amides is 1. The van der Waals surface area contributed by atoms with Gasteiger partial charge in [0.1, 0.15) is 17.3 Å². The molecule has 0 aliphatic carbocycles. The molecule has 4 rings (SSSR count). The van der Waals surface area contributed by atoms with E-state index in [9.17, 15) is 13.6 Å². The highest BCUT2D eigenvalue weighted by Gasteiger charge is 2.39. The molecular weight excluding hydrogens is 264 g/mol. The van der Waals surface area contributed by atoms with Crippen LogP contribution in [0.2, 0.25) is 0 Å². The highest BCUT2D eigenvalue weighted by molar-refractivity contribution is 5.91. The standard InChI is InChI=1S/C14H17F2N3O/c15-11-2-1-3-12(16)14(11)17-13(20)10-19-7-4-18(5-8-19)6-9-19/h1-3H,4-10H2/p+1. The summed E-state index contributed by atoms with van der Waals surface area (Å²) < 4.78 is 27.8. The summed E-state index contributed by atoms with van der Waals surface area (Å²) in [6.07, 6.45) is 0. The van der Waals surface area contributed by atoms with Crippen LogP contribution in [0.25, 0.3) is 0 Å². The Bertz CT molecular complexity index is 493. The molecule has 108 valence electrons. The smallest absolute Gasteiger partial charge is 0.279 e. The van der Waals surface area contributed by atoms with Crippen LogP contribution in [0.1, 0.15) is 0 Å². The second-order valence-electron chi connectivity index (χ2n) is 5.66. The molecule has 3 heterocycles. The Balaban J connectivity index is 1.68. The van der Waals surface area contributed by atoms with E-state index in [1.54, 1.807) is 0 Å². The van der Waals surface area contributed by atoms with Crippen LogP contribution in [0.5, 0.6) is 0 Å². The zero-order valence-electron chi connectivity index (χ0n) is 11.2. The third-order valence-electron chi connectivity index (χ3n) is 4.38. The number of carbonyl (C=O) groups is 1. The summed E-state index contributed by atoms with van der Waals surface area (Å²) in [6, 6.07) is 3.57. The van der Waals surface area contributed by atoms with E-state index in [2.05, 4.69) is 10.2 Å². The number of piperazine rings is 3. The summed E-state index contributed by atoms with van der Waals surface area (Å²) in [4.78, 5) is 14.5. The molecule has 1 amide bonds. The molecule has 20 heavy (non-hydrogen) atoms. The average Bonchev–Trinajstić information content (AvgIpc) is 2.44. The van der Waals surface area contributed by atoms with Gasteiger partial charge in [-0.1, -0.05) is 6.07 Å². The van der Waals surface area contributed by atoms with Crippen LogP contribution in [-0.4, -0.2) is 61.1 Å². The van der Waals surface area contributed by atoms with Crippen molar-refractivity contribution < 1.29 is 18.1 Å². The van der Waals surface area contributed by atoms with E-state index in [0.29, 0.717) is 6.54 Å². The number of rotatable bonds is 3. The lowest BCUT2D eigenvalue weighted by atomic mass is 10.1. The molecule has 6 heteroatoms. The van der Waals surface area contributed by atoms with Gasteiger partial charge < -0.3 is 9.80 Å². The maximum atomic E-state index is 13.5. The number of halogens is 2. The summed E-state index contributed by atoms with van der Waals surface area (Å²) in [7, 11) is 0. The number of anilines is 1. The minimum atomic E-state index is -0.734. The van der Waals surface area contributed by atoms with Gasteiger partial charge >= 0.3 is 0 Å². The molecule has 0 atom stereocenters. The van der Waals surface area contributed by atoms with Gasteiger partial charge in [-0.3, -0.25) is 9.69 Å². The third-order valence-corrected chi connectivity index (χ3v) is 4.38. The minimum absolute atomic E-state index is 0.293. The topological polar surface area (TPSA) is 32.3 Å². The molecule has 4 nitrogen and oxygen atoms in total. The first kappa shape index (κ1) is 13.5. The van der Waals surface area contributed by atoms with E-state index in [-0.39, 0.29) is 11.6 Å². The fraction of sp³-hybridized carbons (Fsp3) is 0.500. The van der Waals surface area contributed by atoms with Gasteiger partial charge in [0.2, 0.25) is 0 Å². The highest BCUT2D eigenvalue weighted by Crippen LogP contribution is 2.21. The lowest BCUT2D eigenvalue weighted by molar-refractivity contribution is -0.933. The Labute approximate surface area is 116 Å². The summed E-state index contributed by atoms with van der Waals surface area (Å²) in [5, 5.41) is 2.38. The molecule has 0 saturated carbocycles. The second-order valence-corrected chi connectivity index (χ2v) is 5.66. The zero-order valence-corrected chi connectivity index (χ0v) is 11.2. The molecule has 3 aliphatic rings. The molecule has 1 N–H and O–H groups in total. The summed E-state index contributed by atoms with van der Waals surface area (Å²) in [5.41, 5.74) is -0.341. The maximum Gasteiger partial charge on any atom is 0.279 e. The minimum Gasteiger partial charge on any atom is -0.316 e. The largest absolute Gasteiger partial charge is 0.316 e. The Kier molecular flexibility index (Phi) is 3.43. The van der Waals surface area contributed by atoms with Gasteiger partial charge in [0.15, 0.2) is 6.54 Å². The first-order valence-electron chi connectivity index (χ1n) is 6.89. The highest BCUT2D eigenvalue weighted by atomic mass is 19.1. The zero-order chi connectivity index (χ0) is 14.2. The molecule has 0 radical (unpaired) electrons. The third kappa shape index (κ3) is 2.53. The molecule has 3 fully saturated rings. The van der Waals surface area contributed by atoms with Crippen LogP contribution < -0.4 is 5.32 Å². The monoisotopic (exact) mass is 282 g/mol. The van der Waals surface area contributed by atoms with Crippen LogP contribution in [0.4, 0.5) is 14.5 Å². The second kappa shape index (κ2) is 5.10. The van der Waals surface area contributed by atoms with Crippen molar-refractivity contribution in [2.45, 2.75) is 0 Å². The number of quaternary nitrogens is 1. The lowest BCUT2D eigenvalue weighted by Gasteiger charge is -2.50. The van der Waals surface area contributed by atoms with Crippen molar-refractivity contribution in [3.63, 3.8) is 0 Å². The Morgan fingerprint density at radius 2 is 1.70 bits per heavy atom. The number of hydrogen-bond donors (Lipinski definition) is 1. The van der Waals surface area contributed by atoms with Gasteiger partial charge in [-0.25, -0.2) is 8.78 Å². The van der Waals surface area contributed by atoms with Crippen LogP contribution in [0.3, 0.4) is 0 Å². The Morgan fingerprint density at radius 1 is 1.15 bits per heavy atom. The Hall–Kier alpha value is -1.53. The average molecular weight is 282 g/mol. The normalized spacial score (nSPS) is 28.4. The van der Waals surface area contributed by atoms with Crippen molar-refractivity contribution in [2.24, 2.45) is 0 Å². The molecular formula is C14H18F2N3O+. The molecule has 1 aromatic carbocycles. The van der Waals surface area contributed by atoms with Crippen LogP contribution >= 0.6 is 0 Å². The van der Waals surface area contributed by atoms with Gasteiger partial charge in [0, 0.05) is 19.6 Å². The maximum absolute atomic E-state index is 13.5. The fourth-order valence-electron chi connectivity index (χ4n) is 3.07. The summed E-state index contributed by atoms with van der Waals surface area (Å²) >= 11 is 0. The number of para-hydroxylation sites is 1. The number of fused-ring (bicyclic) bond motifs is 3. The van der Waals surface area contributed by atoms with Gasteiger partial charge in [0.05, 0.1) is 19.6 Å². The van der Waals surface area contributed by atoms with Crippen LogP contribution in [0, 0.1) is 11.6 Å². The van der Waals surface area contributed by atoms with E-state index in [1.165, 1.54) is 6.07 Å². The van der Waals surface area contributed by atoms with Gasteiger partial charge in [-0.15, -0.1) is 0 Å². The number of benzene rings is 1. The van der Waals surface area contributed by atoms with Gasteiger partial charge in [-0.05, 0) is 12.1 Å². The van der Waals surface area contributed by atoms with Gasteiger partial charge in [-0.2, -0.15) is 0 Å². The fourth-order valence-corrected chi connectivity index (χ4v) is 3.07. The molecule has 0 unspecified atom stereocenters. The quantitative estimate of drug-likeness (QED) is 0.841. The first-order chi connectivity index (χ1) is 9.58. The van der Waals surface area contributed by atoms with E-state index in [4.69, 9.17) is 0 Å². The van der Waals surface area contributed by atoms with Crippen molar-refractivity contribution in [1.29, 1.82) is 0 Å². The summed E-state index contributed by atoms with van der Waals surface area (Å²) in [5.74, 6) is -1.78. The number of carbonyl (C=O) groups excluding carboxylic acids is 1. The molecule has 3 saturated heterocycles. The van der Waals surface area contributed by atoms with E-state index in [0.717, 1.165) is 55.9 Å². The Morgan fingerprint density at radius 3 is 2.25 bits per heavy atom. The number of nitrogens with one attached hydrogen (secondary N) is 1. The van der Waals surface area contributed by atoms with Crippen molar-refractivity contribution in [1.82, 2.24) is 4.90 Å². The van der Waals surface area contributed by atoms with Crippen LogP contribution in [0.15, 0.2) is 18.2 Å². The van der Waals surface area contributed by atoms with E-state index < -0.39 is 11.6 Å². The molecule has 2 bridgehead atoms. The van der Waals surface area contributed by atoms with Crippen molar-refractivity contribution in [3.8, 4) is 0 Å². The predicted molar refractivity (Wildman–Crippen MR) is 71.2 cm³/mol. The first-order valence-corrected chi connectivity index (χ1v) is 6.89. The van der Waals surface area contributed by atoms with Crippen molar-refractivity contribution in [3.05, 3.63) is 29.8 Å². The van der Waals surface area contributed by atoms with Crippen molar-refractivity contribution in [2.75, 3.05) is 51.1 Å². The molecule has 0 spiro atoms. The predicted octanol–water partition coefficient (Wildman–Crippen LogP) is 1.05.